The van der Waals surface area contributed by atoms with Crippen LogP contribution in [0.2, 0.25) is 0 Å². The molecule has 0 aliphatic heterocycles. The van der Waals surface area contributed by atoms with Gasteiger partial charge in [-0.15, -0.1) is 0 Å². The Hall–Kier alpha value is -1.84. The second-order valence-electron chi connectivity index (χ2n) is 3.22. The fourth-order valence-electron chi connectivity index (χ4n) is 1.45. The van der Waals surface area contributed by atoms with Crippen LogP contribution in [0.25, 0.3) is 11.0 Å². The number of nitrogens with one attached hydrogen (secondary N) is 1. The van der Waals surface area contributed by atoms with E-state index in [4.69, 9.17) is 0 Å². The molecule has 0 aromatic carbocycles. The second-order valence-corrected chi connectivity index (χ2v) is 3.22. The van der Waals surface area contributed by atoms with Gasteiger partial charge in [0.1, 0.15) is 5.65 Å². The quantitative estimate of drug-likeness (QED) is 0.831. The summed E-state index contributed by atoms with van der Waals surface area (Å²) in [5, 5.41) is 4.08. The van der Waals surface area contributed by atoms with Gasteiger partial charge in [0.2, 0.25) is 5.95 Å². The Balaban J connectivity index is 2.43. The fourth-order valence-corrected chi connectivity index (χ4v) is 1.45. The first-order chi connectivity index (χ1) is 7.35. The maximum absolute atomic E-state index is 4.43. The van der Waals surface area contributed by atoms with E-state index in [0.29, 0.717) is 5.95 Å². The molecule has 1 N–H and O–H groups in total. The van der Waals surface area contributed by atoms with Crippen molar-refractivity contribution < 1.29 is 0 Å². The van der Waals surface area contributed by atoms with Gasteiger partial charge in [0.15, 0.2) is 0 Å². The molecule has 2 heterocycles. The second kappa shape index (κ2) is 4.13. The molecule has 2 aromatic heterocycles. The van der Waals surface area contributed by atoms with Gasteiger partial charge in [-0.2, -0.15) is 4.98 Å². The van der Waals surface area contributed by atoms with Crippen molar-refractivity contribution >= 4 is 17.0 Å². The van der Waals surface area contributed by atoms with E-state index < -0.39 is 0 Å². The van der Waals surface area contributed by atoms with Crippen molar-refractivity contribution in [3.05, 3.63) is 30.7 Å². The van der Waals surface area contributed by atoms with Crippen LogP contribution in [-0.4, -0.2) is 14.5 Å². The highest BCUT2D eigenvalue weighted by atomic mass is 15.1. The molecule has 2 rings (SSSR count). The van der Waals surface area contributed by atoms with Crippen LogP contribution in [0.5, 0.6) is 0 Å². The van der Waals surface area contributed by atoms with Crippen molar-refractivity contribution in [2.45, 2.75) is 20.4 Å². The molecule has 4 nitrogen and oxygen atoms in total. The zero-order chi connectivity index (χ0) is 10.7. The predicted molar refractivity (Wildman–Crippen MR) is 61.6 cm³/mol. The third-order valence-corrected chi connectivity index (χ3v) is 2.22. The van der Waals surface area contributed by atoms with Crippen LogP contribution in [0.15, 0.2) is 30.7 Å². The lowest BCUT2D eigenvalue weighted by Crippen LogP contribution is -1.98. The van der Waals surface area contributed by atoms with Gasteiger partial charge in [-0.1, -0.05) is 6.08 Å². The Kier molecular flexibility index (Phi) is 2.67. The third-order valence-electron chi connectivity index (χ3n) is 2.22. The lowest BCUT2D eigenvalue weighted by molar-refractivity contribution is 0.787. The minimum Gasteiger partial charge on any atom is -0.333 e. The van der Waals surface area contributed by atoms with Crippen LogP contribution in [0, 0.1) is 0 Å². The number of aryl methyl sites for hydroxylation is 1. The molecular weight excluding hydrogens is 188 g/mol. The van der Waals surface area contributed by atoms with Crippen molar-refractivity contribution in [2.24, 2.45) is 0 Å². The molecule has 0 saturated heterocycles. The number of aromatic nitrogens is 3. The SMILES string of the molecule is C/C=C/Nc1ncc2ccn(CC)c2n1. The number of hydrogen-bond acceptors (Lipinski definition) is 3. The minimum absolute atomic E-state index is 0.633. The van der Waals surface area contributed by atoms with Crippen molar-refractivity contribution in [2.75, 3.05) is 5.32 Å². The first-order valence-corrected chi connectivity index (χ1v) is 5.04. The molecule has 0 atom stereocenters. The highest BCUT2D eigenvalue weighted by molar-refractivity contribution is 5.76. The minimum atomic E-state index is 0.633. The standard InChI is InChI=1S/C11H14N4/c1-3-6-12-11-13-8-9-5-7-15(4-2)10(9)14-11/h3,5-8H,4H2,1-2H3,(H,12,13,14)/b6-3+. The van der Waals surface area contributed by atoms with Crippen molar-refractivity contribution in [1.82, 2.24) is 14.5 Å². The van der Waals surface area contributed by atoms with Gasteiger partial charge >= 0.3 is 0 Å². The summed E-state index contributed by atoms with van der Waals surface area (Å²) in [6, 6.07) is 2.03. The van der Waals surface area contributed by atoms with Crippen LogP contribution < -0.4 is 5.32 Å². The monoisotopic (exact) mass is 202 g/mol. The smallest absolute Gasteiger partial charge is 0.228 e. The Morgan fingerprint density at radius 2 is 2.40 bits per heavy atom. The normalized spacial score (nSPS) is 11.3. The molecule has 0 bridgehead atoms. The molecule has 0 fully saturated rings. The average molecular weight is 202 g/mol. The van der Waals surface area contributed by atoms with E-state index in [9.17, 15) is 0 Å². The molecule has 2 aromatic rings. The number of rotatable bonds is 3. The Morgan fingerprint density at radius 3 is 3.13 bits per heavy atom. The molecule has 0 aliphatic rings. The number of anilines is 1. The van der Waals surface area contributed by atoms with E-state index in [0.717, 1.165) is 17.6 Å². The van der Waals surface area contributed by atoms with Crippen molar-refractivity contribution in [1.29, 1.82) is 0 Å². The van der Waals surface area contributed by atoms with Gasteiger partial charge in [-0.3, -0.25) is 0 Å². The summed E-state index contributed by atoms with van der Waals surface area (Å²) < 4.78 is 2.10. The molecule has 4 heteroatoms. The molecule has 0 saturated carbocycles. The maximum Gasteiger partial charge on any atom is 0.228 e. The molecule has 0 unspecified atom stereocenters. The summed E-state index contributed by atoms with van der Waals surface area (Å²) in [6.07, 6.45) is 7.59. The van der Waals surface area contributed by atoms with E-state index >= 15 is 0 Å². The van der Waals surface area contributed by atoms with Gasteiger partial charge in [0, 0.05) is 24.3 Å². The van der Waals surface area contributed by atoms with E-state index in [2.05, 4.69) is 26.8 Å². The van der Waals surface area contributed by atoms with Crippen LogP contribution in [0.3, 0.4) is 0 Å². The van der Waals surface area contributed by atoms with E-state index in [1.807, 2.05) is 37.7 Å². The Morgan fingerprint density at radius 1 is 1.53 bits per heavy atom. The molecule has 0 aliphatic carbocycles. The lowest BCUT2D eigenvalue weighted by atomic mass is 10.4. The predicted octanol–water partition coefficient (Wildman–Crippen LogP) is 2.40. The molecule has 15 heavy (non-hydrogen) atoms. The number of nitrogens with zero attached hydrogens (tertiary/aromatic N) is 3. The zero-order valence-corrected chi connectivity index (χ0v) is 8.94. The van der Waals surface area contributed by atoms with Crippen molar-refractivity contribution in [3.63, 3.8) is 0 Å². The van der Waals surface area contributed by atoms with Crippen LogP contribution in [-0.2, 0) is 6.54 Å². The van der Waals surface area contributed by atoms with Crippen LogP contribution >= 0.6 is 0 Å². The molecule has 0 radical (unpaired) electrons. The third kappa shape index (κ3) is 1.83. The summed E-state index contributed by atoms with van der Waals surface area (Å²) in [5.41, 5.74) is 0.972. The van der Waals surface area contributed by atoms with E-state index in [1.54, 1.807) is 0 Å². The Labute approximate surface area is 88.7 Å². The molecular formula is C11H14N4. The molecule has 0 amide bonds. The average Bonchev–Trinajstić information content (AvgIpc) is 2.68. The van der Waals surface area contributed by atoms with E-state index in [-0.39, 0.29) is 0 Å². The zero-order valence-electron chi connectivity index (χ0n) is 8.94. The number of allylic oxidation sites excluding steroid dienone is 1. The summed E-state index contributed by atoms with van der Waals surface area (Å²) in [6.45, 7) is 4.96. The molecule has 78 valence electrons. The highest BCUT2D eigenvalue weighted by Crippen LogP contribution is 2.13. The summed E-state index contributed by atoms with van der Waals surface area (Å²) in [4.78, 5) is 8.64. The van der Waals surface area contributed by atoms with Crippen LogP contribution in [0.1, 0.15) is 13.8 Å². The van der Waals surface area contributed by atoms with Gasteiger partial charge in [-0.05, 0) is 26.1 Å². The topological polar surface area (TPSA) is 42.7 Å². The lowest BCUT2D eigenvalue weighted by Gasteiger charge is -2.01. The largest absolute Gasteiger partial charge is 0.333 e. The van der Waals surface area contributed by atoms with E-state index in [1.165, 1.54) is 0 Å². The Bertz CT molecular complexity index is 484. The first kappa shape index (κ1) is 9.71. The maximum atomic E-state index is 4.43. The van der Waals surface area contributed by atoms with Gasteiger partial charge in [-0.25, -0.2) is 4.98 Å². The number of hydrogen-bond donors (Lipinski definition) is 1. The summed E-state index contributed by atoms with van der Waals surface area (Å²) >= 11 is 0. The van der Waals surface area contributed by atoms with Crippen LogP contribution in [0.4, 0.5) is 5.95 Å². The highest BCUT2D eigenvalue weighted by Gasteiger charge is 2.02. The fraction of sp³-hybridized carbons (Fsp3) is 0.273. The van der Waals surface area contributed by atoms with Gasteiger partial charge < -0.3 is 9.88 Å². The first-order valence-electron chi connectivity index (χ1n) is 5.04. The van der Waals surface area contributed by atoms with Crippen molar-refractivity contribution in [3.8, 4) is 0 Å². The molecule has 0 spiro atoms. The number of fused-ring (bicyclic) bond motifs is 1. The summed E-state index contributed by atoms with van der Waals surface area (Å²) in [7, 11) is 0. The summed E-state index contributed by atoms with van der Waals surface area (Å²) in [5.74, 6) is 0.633. The van der Waals surface area contributed by atoms with Gasteiger partial charge in [0.05, 0.1) is 0 Å². The van der Waals surface area contributed by atoms with Gasteiger partial charge in [0.25, 0.3) is 0 Å².